The van der Waals surface area contributed by atoms with Crippen LogP contribution in [0.25, 0.3) is 10.8 Å². The Morgan fingerprint density at radius 3 is 2.78 bits per heavy atom. The van der Waals surface area contributed by atoms with Crippen molar-refractivity contribution in [3.8, 4) is 0 Å². The average Bonchev–Trinajstić information content (AvgIpc) is 2.95. The van der Waals surface area contributed by atoms with Gasteiger partial charge < -0.3 is 10.2 Å². The summed E-state index contributed by atoms with van der Waals surface area (Å²) in [5.74, 6) is -0.156. The zero-order valence-electron chi connectivity index (χ0n) is 15.2. The second-order valence-corrected chi connectivity index (χ2v) is 6.74. The van der Waals surface area contributed by atoms with Crippen LogP contribution in [0.4, 0.5) is 0 Å². The molecule has 0 spiro atoms. The van der Waals surface area contributed by atoms with Crippen molar-refractivity contribution in [2.45, 2.75) is 33.0 Å². The average molecular weight is 363 g/mol. The highest BCUT2D eigenvalue weighted by Crippen LogP contribution is 2.15. The van der Waals surface area contributed by atoms with E-state index in [1.165, 1.54) is 0 Å². The zero-order valence-corrected chi connectivity index (χ0v) is 15.2. The molecule has 1 aliphatic heterocycles. The van der Waals surface area contributed by atoms with Crippen molar-refractivity contribution in [2.24, 2.45) is 0 Å². The largest absolute Gasteiger partial charge is 0.345 e. The number of benzene rings is 1. The molecule has 0 bridgehead atoms. The molecule has 1 N–H and O–H groups in total. The lowest BCUT2D eigenvalue weighted by molar-refractivity contribution is -0.129. The first-order valence-electron chi connectivity index (χ1n) is 9.04. The van der Waals surface area contributed by atoms with Crippen molar-refractivity contribution in [1.29, 1.82) is 0 Å². The number of nitrogens with zero attached hydrogens (tertiary/aromatic N) is 4. The zero-order chi connectivity index (χ0) is 18.8. The minimum atomic E-state index is -0.227. The van der Waals surface area contributed by atoms with Crippen molar-refractivity contribution in [3.63, 3.8) is 0 Å². The van der Waals surface area contributed by atoms with Crippen LogP contribution in [0, 0.1) is 0 Å². The molecule has 4 rings (SSSR count). The lowest BCUT2D eigenvalue weighted by Gasteiger charge is -2.17. The van der Waals surface area contributed by atoms with Gasteiger partial charge in [0.15, 0.2) is 0 Å². The van der Waals surface area contributed by atoms with E-state index in [-0.39, 0.29) is 11.8 Å². The van der Waals surface area contributed by atoms with Gasteiger partial charge in [0, 0.05) is 31.6 Å². The fraction of sp³-hybridized carbons (Fsp3) is 0.300. The lowest BCUT2D eigenvalue weighted by atomic mass is 10.1. The molecule has 0 saturated carbocycles. The second-order valence-electron chi connectivity index (χ2n) is 6.74. The molecule has 1 aliphatic rings. The van der Waals surface area contributed by atoms with Crippen molar-refractivity contribution in [1.82, 2.24) is 25.0 Å². The van der Waals surface area contributed by atoms with Gasteiger partial charge in [0.25, 0.3) is 5.91 Å². The molecule has 7 nitrogen and oxygen atoms in total. The van der Waals surface area contributed by atoms with E-state index in [1.54, 1.807) is 19.2 Å². The smallest absolute Gasteiger partial charge is 0.270 e. The Balaban J connectivity index is 1.44. The van der Waals surface area contributed by atoms with E-state index in [4.69, 9.17) is 0 Å². The van der Waals surface area contributed by atoms with E-state index in [2.05, 4.69) is 15.4 Å². The normalized spacial score (nSPS) is 13.9. The first kappa shape index (κ1) is 17.2. The van der Waals surface area contributed by atoms with E-state index in [9.17, 15) is 9.59 Å². The van der Waals surface area contributed by atoms with Gasteiger partial charge in [0.1, 0.15) is 5.69 Å². The molecule has 3 heterocycles. The first-order chi connectivity index (χ1) is 13.1. The van der Waals surface area contributed by atoms with Crippen LogP contribution in [0.5, 0.6) is 0 Å². The third-order valence-corrected chi connectivity index (χ3v) is 4.80. The van der Waals surface area contributed by atoms with Crippen molar-refractivity contribution < 1.29 is 9.59 Å². The topological polar surface area (TPSA) is 80.1 Å². The summed E-state index contributed by atoms with van der Waals surface area (Å²) in [7, 11) is 0. The van der Waals surface area contributed by atoms with Gasteiger partial charge in [-0.2, -0.15) is 5.10 Å². The van der Waals surface area contributed by atoms with Crippen LogP contribution in [-0.2, 0) is 24.4 Å². The van der Waals surface area contributed by atoms with Gasteiger partial charge in [-0.05, 0) is 23.9 Å². The Bertz CT molecular complexity index is 1010. The lowest BCUT2D eigenvalue weighted by Crippen LogP contribution is -2.28. The maximum absolute atomic E-state index is 12.4. The molecule has 0 aliphatic carbocycles. The second kappa shape index (κ2) is 7.19. The monoisotopic (exact) mass is 363 g/mol. The molecule has 0 saturated heterocycles. The van der Waals surface area contributed by atoms with E-state index in [0.29, 0.717) is 18.8 Å². The quantitative estimate of drug-likeness (QED) is 0.773. The summed E-state index contributed by atoms with van der Waals surface area (Å²) < 4.78 is 1.93. The Hall–Kier alpha value is -3.22. The van der Waals surface area contributed by atoms with Gasteiger partial charge in [0.2, 0.25) is 5.91 Å². The summed E-state index contributed by atoms with van der Waals surface area (Å²) in [6.07, 6.45) is 2.58. The molecule has 0 unspecified atom stereocenters. The maximum atomic E-state index is 12.4. The summed E-state index contributed by atoms with van der Waals surface area (Å²) in [4.78, 5) is 30.2. The molecule has 27 heavy (non-hydrogen) atoms. The minimum Gasteiger partial charge on any atom is -0.345 e. The number of rotatable bonds is 3. The molecule has 0 atom stereocenters. The molecule has 3 aromatic rings. The summed E-state index contributed by atoms with van der Waals surface area (Å²) in [5.41, 5.74) is 2.16. The number of pyridine rings is 1. The van der Waals surface area contributed by atoms with Crippen LogP contribution in [0.15, 0.2) is 42.6 Å². The highest BCUT2D eigenvalue weighted by atomic mass is 16.2. The van der Waals surface area contributed by atoms with Gasteiger partial charge in [-0.1, -0.05) is 24.3 Å². The van der Waals surface area contributed by atoms with Crippen LogP contribution < -0.4 is 5.32 Å². The van der Waals surface area contributed by atoms with Gasteiger partial charge in [0.05, 0.1) is 24.5 Å². The van der Waals surface area contributed by atoms with Gasteiger partial charge in [-0.3, -0.25) is 19.3 Å². The first-order valence-corrected chi connectivity index (χ1v) is 9.04. The van der Waals surface area contributed by atoms with E-state index < -0.39 is 0 Å². The molecule has 138 valence electrons. The predicted molar refractivity (Wildman–Crippen MR) is 101 cm³/mol. The van der Waals surface area contributed by atoms with E-state index in [0.717, 1.165) is 41.7 Å². The number of carbonyl (C=O) groups excluding carboxylic acids is 2. The highest BCUT2D eigenvalue weighted by Gasteiger charge is 2.18. The van der Waals surface area contributed by atoms with Crippen LogP contribution in [0.2, 0.25) is 0 Å². The van der Waals surface area contributed by atoms with Crippen LogP contribution in [0.1, 0.15) is 35.2 Å². The fourth-order valence-corrected chi connectivity index (χ4v) is 3.35. The number of amides is 2. The molecular formula is C20H21N5O2. The van der Waals surface area contributed by atoms with Gasteiger partial charge in [-0.25, -0.2) is 0 Å². The standard InChI is InChI=1S/C20H21N5O2/c1-14(26)24-7-4-8-25-18(13-24)10-17(23-25)12-22-20(27)19-9-15-5-2-3-6-16(15)11-21-19/h2-3,5-6,9-11H,4,7-8,12-13H2,1H3,(H,22,27). The number of carbonyl (C=O) groups is 2. The molecule has 7 heteroatoms. The SMILES string of the molecule is CC(=O)N1CCCn2nc(CNC(=O)c3cc4ccccc4cn3)cc2C1. The minimum absolute atomic E-state index is 0.0712. The third kappa shape index (κ3) is 3.67. The van der Waals surface area contributed by atoms with Crippen LogP contribution >= 0.6 is 0 Å². The van der Waals surface area contributed by atoms with E-state index in [1.807, 2.05) is 39.9 Å². The summed E-state index contributed by atoms with van der Waals surface area (Å²) in [5, 5.41) is 9.43. The van der Waals surface area contributed by atoms with Gasteiger partial charge >= 0.3 is 0 Å². The van der Waals surface area contributed by atoms with Crippen LogP contribution in [-0.4, -0.2) is 38.0 Å². The van der Waals surface area contributed by atoms with E-state index >= 15 is 0 Å². The van der Waals surface area contributed by atoms with Crippen LogP contribution in [0.3, 0.4) is 0 Å². The number of nitrogens with one attached hydrogen (secondary N) is 1. The Kier molecular flexibility index (Phi) is 4.58. The Morgan fingerprint density at radius 1 is 1.15 bits per heavy atom. The van der Waals surface area contributed by atoms with Crippen molar-refractivity contribution >= 4 is 22.6 Å². The molecule has 2 amide bonds. The Morgan fingerprint density at radius 2 is 1.96 bits per heavy atom. The summed E-state index contributed by atoms with van der Waals surface area (Å²) >= 11 is 0. The number of aryl methyl sites for hydroxylation is 1. The molecule has 2 aromatic heterocycles. The summed E-state index contributed by atoms with van der Waals surface area (Å²) in [6, 6.07) is 11.5. The highest BCUT2D eigenvalue weighted by molar-refractivity contribution is 5.96. The van der Waals surface area contributed by atoms with Crippen molar-refractivity contribution in [2.75, 3.05) is 6.54 Å². The third-order valence-electron chi connectivity index (χ3n) is 4.80. The predicted octanol–water partition coefficient (Wildman–Crippen LogP) is 2.11. The number of aromatic nitrogens is 3. The number of hydrogen-bond acceptors (Lipinski definition) is 4. The Labute approximate surface area is 157 Å². The van der Waals surface area contributed by atoms with Crippen molar-refractivity contribution in [3.05, 3.63) is 59.7 Å². The molecule has 0 radical (unpaired) electrons. The van der Waals surface area contributed by atoms with Gasteiger partial charge in [-0.15, -0.1) is 0 Å². The molecule has 1 aromatic carbocycles. The summed E-state index contributed by atoms with van der Waals surface area (Å²) in [6.45, 7) is 4.00. The number of hydrogen-bond donors (Lipinski definition) is 1. The fourth-order valence-electron chi connectivity index (χ4n) is 3.35. The molecule has 0 fully saturated rings. The maximum Gasteiger partial charge on any atom is 0.270 e. The number of fused-ring (bicyclic) bond motifs is 2. The molecular weight excluding hydrogens is 342 g/mol.